The molecule has 3 nitrogen and oxygen atoms in total. The summed E-state index contributed by atoms with van der Waals surface area (Å²) in [5, 5.41) is 18.4. The zero-order valence-electron chi connectivity index (χ0n) is 10.6. The monoisotopic (exact) mass is 249 g/mol. The fourth-order valence-corrected chi connectivity index (χ4v) is 3.33. The van der Waals surface area contributed by atoms with Crippen LogP contribution in [0.15, 0.2) is 36.4 Å². The Balaban J connectivity index is 1.73. The lowest BCUT2D eigenvalue weighted by Gasteiger charge is -2.12. The van der Waals surface area contributed by atoms with Crippen LogP contribution in [-0.2, 0) is 0 Å². The SMILES string of the molecule is N#Cc1ccc(NC2C3CNCC32)c2ccccc12. The van der Waals surface area contributed by atoms with E-state index in [1.807, 2.05) is 30.3 Å². The summed E-state index contributed by atoms with van der Waals surface area (Å²) in [6.45, 7) is 2.27. The Morgan fingerprint density at radius 2 is 1.79 bits per heavy atom. The van der Waals surface area contributed by atoms with E-state index in [2.05, 4.69) is 22.8 Å². The smallest absolute Gasteiger partial charge is 0.0998 e. The Labute approximate surface area is 112 Å². The molecule has 94 valence electrons. The van der Waals surface area contributed by atoms with Gasteiger partial charge in [-0.1, -0.05) is 24.3 Å². The predicted octanol–water partition coefficient (Wildman–Crippen LogP) is 2.34. The number of hydrogen-bond acceptors (Lipinski definition) is 3. The molecule has 1 aliphatic heterocycles. The van der Waals surface area contributed by atoms with E-state index >= 15 is 0 Å². The van der Waals surface area contributed by atoms with Gasteiger partial charge in [-0.3, -0.25) is 0 Å². The topological polar surface area (TPSA) is 47.9 Å². The van der Waals surface area contributed by atoms with E-state index in [9.17, 15) is 5.26 Å². The zero-order valence-corrected chi connectivity index (χ0v) is 10.6. The van der Waals surface area contributed by atoms with Crippen LogP contribution >= 0.6 is 0 Å². The zero-order chi connectivity index (χ0) is 12.8. The number of piperidine rings is 1. The highest BCUT2D eigenvalue weighted by atomic mass is 15.1. The second-order valence-electron chi connectivity index (χ2n) is 5.47. The maximum Gasteiger partial charge on any atom is 0.0998 e. The summed E-state index contributed by atoms with van der Waals surface area (Å²) in [6, 6.07) is 15.0. The average Bonchev–Trinajstić information content (AvgIpc) is 2.88. The maximum absolute atomic E-state index is 9.17. The van der Waals surface area contributed by atoms with Gasteiger partial charge in [0.1, 0.15) is 0 Å². The van der Waals surface area contributed by atoms with Gasteiger partial charge in [0.2, 0.25) is 0 Å². The summed E-state index contributed by atoms with van der Waals surface area (Å²) in [5.74, 6) is 1.57. The highest BCUT2D eigenvalue weighted by Crippen LogP contribution is 2.44. The number of anilines is 1. The lowest BCUT2D eigenvalue weighted by Crippen LogP contribution is -2.21. The summed E-state index contributed by atoms with van der Waals surface area (Å²) in [5.41, 5.74) is 1.91. The van der Waals surface area contributed by atoms with Gasteiger partial charge in [-0.05, 0) is 24.0 Å². The summed E-state index contributed by atoms with van der Waals surface area (Å²) in [7, 11) is 0. The van der Waals surface area contributed by atoms with Crippen molar-refractivity contribution in [2.75, 3.05) is 18.4 Å². The van der Waals surface area contributed by atoms with E-state index in [4.69, 9.17) is 0 Å². The first-order valence-electron chi connectivity index (χ1n) is 6.77. The minimum absolute atomic E-state index is 0.609. The molecule has 2 fully saturated rings. The number of hydrogen-bond donors (Lipinski definition) is 2. The van der Waals surface area contributed by atoms with Crippen molar-refractivity contribution in [2.24, 2.45) is 11.8 Å². The second kappa shape index (κ2) is 3.97. The number of fused-ring (bicyclic) bond motifs is 2. The first kappa shape index (κ1) is 10.8. The summed E-state index contributed by atoms with van der Waals surface area (Å²) >= 11 is 0. The van der Waals surface area contributed by atoms with E-state index in [1.54, 1.807) is 0 Å². The number of benzene rings is 2. The minimum atomic E-state index is 0.609. The lowest BCUT2D eigenvalue weighted by atomic mass is 10.0. The Morgan fingerprint density at radius 1 is 1.05 bits per heavy atom. The molecule has 0 aromatic heterocycles. The molecule has 0 bridgehead atoms. The van der Waals surface area contributed by atoms with Gasteiger partial charge in [0, 0.05) is 35.6 Å². The van der Waals surface area contributed by atoms with Crippen LogP contribution in [0.4, 0.5) is 5.69 Å². The predicted molar refractivity (Wildman–Crippen MR) is 75.9 cm³/mol. The van der Waals surface area contributed by atoms with Crippen LogP contribution in [0.3, 0.4) is 0 Å². The Morgan fingerprint density at radius 3 is 2.53 bits per heavy atom. The molecule has 2 aromatic carbocycles. The molecule has 2 unspecified atom stereocenters. The van der Waals surface area contributed by atoms with Crippen molar-refractivity contribution in [3.05, 3.63) is 42.0 Å². The average molecular weight is 249 g/mol. The molecule has 19 heavy (non-hydrogen) atoms. The third-order valence-electron chi connectivity index (χ3n) is 4.46. The van der Waals surface area contributed by atoms with Crippen LogP contribution in [0.1, 0.15) is 5.56 Å². The van der Waals surface area contributed by atoms with E-state index < -0.39 is 0 Å². The van der Waals surface area contributed by atoms with Crippen molar-refractivity contribution in [3.8, 4) is 6.07 Å². The minimum Gasteiger partial charge on any atom is -0.381 e. The molecule has 1 saturated carbocycles. The van der Waals surface area contributed by atoms with Crippen LogP contribution in [0.2, 0.25) is 0 Å². The normalized spacial score (nSPS) is 27.8. The van der Waals surface area contributed by atoms with E-state index in [-0.39, 0.29) is 0 Å². The quantitative estimate of drug-likeness (QED) is 0.859. The molecule has 2 aromatic rings. The molecule has 1 heterocycles. The molecule has 3 heteroatoms. The van der Waals surface area contributed by atoms with Gasteiger partial charge >= 0.3 is 0 Å². The van der Waals surface area contributed by atoms with Gasteiger partial charge in [0.05, 0.1) is 11.6 Å². The number of nitrogens with zero attached hydrogens (tertiary/aromatic N) is 1. The van der Waals surface area contributed by atoms with Gasteiger partial charge < -0.3 is 10.6 Å². The lowest BCUT2D eigenvalue weighted by molar-refractivity contribution is 0.697. The Bertz CT molecular complexity index is 676. The summed E-state index contributed by atoms with van der Waals surface area (Å²) in [4.78, 5) is 0. The molecule has 4 rings (SSSR count). The molecular formula is C16H15N3. The Kier molecular flexibility index (Phi) is 2.27. The van der Waals surface area contributed by atoms with Crippen molar-refractivity contribution in [2.45, 2.75) is 6.04 Å². The highest BCUT2D eigenvalue weighted by molar-refractivity contribution is 5.97. The third kappa shape index (κ3) is 1.61. The van der Waals surface area contributed by atoms with Crippen LogP contribution in [-0.4, -0.2) is 19.1 Å². The molecule has 2 N–H and O–H groups in total. The first-order valence-corrected chi connectivity index (χ1v) is 6.77. The summed E-state index contributed by atoms with van der Waals surface area (Å²) in [6.07, 6.45) is 0. The molecule has 0 amide bonds. The van der Waals surface area contributed by atoms with Crippen molar-refractivity contribution >= 4 is 16.5 Å². The van der Waals surface area contributed by atoms with Gasteiger partial charge in [0.25, 0.3) is 0 Å². The van der Waals surface area contributed by atoms with Crippen molar-refractivity contribution in [1.29, 1.82) is 5.26 Å². The fourth-order valence-electron chi connectivity index (χ4n) is 3.33. The molecular weight excluding hydrogens is 234 g/mol. The van der Waals surface area contributed by atoms with Gasteiger partial charge in [-0.2, -0.15) is 5.26 Å². The molecule has 1 aliphatic carbocycles. The van der Waals surface area contributed by atoms with Crippen LogP contribution < -0.4 is 10.6 Å². The number of nitrogens with one attached hydrogen (secondary N) is 2. The molecule has 0 spiro atoms. The van der Waals surface area contributed by atoms with Crippen molar-refractivity contribution in [3.63, 3.8) is 0 Å². The fraction of sp³-hybridized carbons (Fsp3) is 0.312. The van der Waals surface area contributed by atoms with E-state index in [0.717, 1.165) is 46.9 Å². The molecule has 1 saturated heterocycles. The van der Waals surface area contributed by atoms with Crippen molar-refractivity contribution in [1.82, 2.24) is 5.32 Å². The maximum atomic E-state index is 9.17. The van der Waals surface area contributed by atoms with Crippen LogP contribution in [0, 0.1) is 23.2 Å². The van der Waals surface area contributed by atoms with Gasteiger partial charge in [0.15, 0.2) is 0 Å². The summed E-state index contributed by atoms with van der Waals surface area (Å²) < 4.78 is 0. The van der Waals surface area contributed by atoms with Crippen LogP contribution in [0.25, 0.3) is 10.8 Å². The van der Waals surface area contributed by atoms with Crippen molar-refractivity contribution < 1.29 is 0 Å². The molecule has 2 atom stereocenters. The first-order chi connectivity index (χ1) is 9.38. The third-order valence-corrected chi connectivity index (χ3v) is 4.46. The van der Waals surface area contributed by atoms with Gasteiger partial charge in [-0.15, -0.1) is 0 Å². The van der Waals surface area contributed by atoms with Crippen LogP contribution in [0.5, 0.6) is 0 Å². The standard InChI is InChI=1S/C16H15N3/c17-7-10-5-6-15(12-4-2-1-3-11(10)12)19-16-13-8-18-9-14(13)16/h1-6,13-14,16,18-19H,8-9H2. The van der Waals surface area contributed by atoms with Gasteiger partial charge in [-0.25, -0.2) is 0 Å². The number of nitriles is 1. The van der Waals surface area contributed by atoms with E-state index in [0.29, 0.717) is 6.04 Å². The largest absolute Gasteiger partial charge is 0.381 e. The molecule has 0 radical (unpaired) electrons. The molecule has 2 aliphatic rings. The highest BCUT2D eigenvalue weighted by Gasteiger charge is 2.52. The Hall–Kier alpha value is -2.05. The second-order valence-corrected chi connectivity index (χ2v) is 5.47. The number of rotatable bonds is 2. The van der Waals surface area contributed by atoms with E-state index in [1.165, 1.54) is 0 Å².